The Labute approximate surface area is 185 Å². The van der Waals surface area contributed by atoms with Crippen molar-refractivity contribution < 1.29 is 50.8 Å². The molecule has 4 rings (SSSR count). The van der Waals surface area contributed by atoms with Crippen LogP contribution in [0.3, 0.4) is 0 Å². The fraction of sp³-hybridized carbons (Fsp3) is 0.643. The van der Waals surface area contributed by atoms with Crippen LogP contribution in [0.15, 0.2) is 12.7 Å². The lowest BCUT2D eigenvalue weighted by atomic mass is 9.83. The van der Waals surface area contributed by atoms with Crippen LogP contribution < -0.4 is 5.73 Å². The summed E-state index contributed by atoms with van der Waals surface area (Å²) in [6.07, 6.45) is 1.60. The van der Waals surface area contributed by atoms with E-state index in [1.807, 2.05) is 0 Å². The minimum absolute atomic E-state index is 0.177. The van der Waals surface area contributed by atoms with E-state index in [9.17, 15) is 23.5 Å². The van der Waals surface area contributed by atoms with Crippen molar-refractivity contribution in [2.45, 2.75) is 32.2 Å². The summed E-state index contributed by atoms with van der Waals surface area (Å²) >= 11 is 0. The standard InChI is InChI=1S/C14H21FN5O10P3/c1-6-7(3-20-5-19-10-12(16)17-4-18-13(10)20)14(2,15)9-8(6)11(9)28-32(24,25)30-33(26,27)29-31(21,22)23/h4-9,11H,3H2,1-2H3,(H,24,25)(H,26,27)(H2,16,17,18)(H2,21,22,23)/t6-,7+,8-,9?,11?,14-/m0/s1. The molecule has 0 amide bonds. The number of nitrogens with zero attached hydrogens (tertiary/aromatic N) is 4. The number of rotatable bonds is 8. The fourth-order valence-electron chi connectivity index (χ4n) is 4.84. The zero-order chi connectivity index (χ0) is 24.6. The second kappa shape index (κ2) is 7.85. The van der Waals surface area contributed by atoms with E-state index in [1.165, 1.54) is 19.6 Å². The van der Waals surface area contributed by atoms with Gasteiger partial charge in [0.25, 0.3) is 0 Å². The lowest BCUT2D eigenvalue weighted by molar-refractivity contribution is 0.0352. The van der Waals surface area contributed by atoms with E-state index in [2.05, 4.69) is 23.6 Å². The zero-order valence-electron chi connectivity index (χ0n) is 17.1. The normalized spacial score (nSPS) is 35.2. The topological polar surface area (TPSA) is 229 Å². The third-order valence-electron chi connectivity index (χ3n) is 6.12. The maximum Gasteiger partial charge on any atom is 0.490 e. The molecule has 4 unspecified atom stereocenters. The van der Waals surface area contributed by atoms with E-state index in [4.69, 9.17) is 20.0 Å². The van der Waals surface area contributed by atoms with Crippen molar-refractivity contribution >= 4 is 40.4 Å². The molecule has 2 aliphatic rings. The van der Waals surface area contributed by atoms with Gasteiger partial charge < -0.3 is 29.9 Å². The molecule has 184 valence electrons. The molecule has 8 atom stereocenters. The monoisotopic (exact) mass is 531 g/mol. The average molecular weight is 531 g/mol. The lowest BCUT2D eigenvalue weighted by Crippen LogP contribution is -2.37. The molecule has 2 saturated carbocycles. The summed E-state index contributed by atoms with van der Waals surface area (Å²) in [7, 11) is -16.5. The van der Waals surface area contributed by atoms with E-state index in [1.54, 1.807) is 11.5 Å². The fourth-order valence-corrected chi connectivity index (χ4v) is 8.08. The summed E-state index contributed by atoms with van der Waals surface area (Å²) in [5.74, 6) is -2.11. The molecular weight excluding hydrogens is 510 g/mol. The van der Waals surface area contributed by atoms with Crippen molar-refractivity contribution in [1.82, 2.24) is 19.5 Å². The number of anilines is 1. The third-order valence-corrected chi connectivity index (χ3v) is 9.96. The highest BCUT2D eigenvalue weighted by molar-refractivity contribution is 7.66. The molecule has 0 spiro atoms. The highest BCUT2D eigenvalue weighted by atomic mass is 31.3. The van der Waals surface area contributed by atoms with Gasteiger partial charge in [-0.2, -0.15) is 8.62 Å². The van der Waals surface area contributed by atoms with Gasteiger partial charge in [0.05, 0.1) is 12.4 Å². The number of alkyl halides is 1. The SMILES string of the molecule is C[C@@H]1[C@@H]2C(OP(=O)(O)OP(=O)(O)OP(=O)(O)O)C2[C@@](C)(F)[C@@H]1Cn1cnc2c(N)ncnc21. The Morgan fingerprint density at radius 3 is 2.39 bits per heavy atom. The van der Waals surface area contributed by atoms with Gasteiger partial charge in [-0.3, -0.25) is 4.52 Å². The Bertz CT molecular complexity index is 1240. The van der Waals surface area contributed by atoms with Crippen LogP contribution in [-0.4, -0.2) is 50.9 Å². The molecule has 0 aliphatic heterocycles. The van der Waals surface area contributed by atoms with E-state index >= 15 is 4.39 Å². The molecule has 33 heavy (non-hydrogen) atoms. The number of nitrogen functional groups attached to an aromatic ring is 1. The number of aromatic nitrogens is 4. The summed E-state index contributed by atoms with van der Waals surface area (Å²) in [5.41, 5.74) is 4.69. The van der Waals surface area contributed by atoms with Gasteiger partial charge in [-0.05, 0) is 18.8 Å². The number of nitrogens with two attached hydrogens (primary N) is 1. The number of fused-ring (bicyclic) bond motifs is 2. The van der Waals surface area contributed by atoms with Crippen LogP contribution in [0.5, 0.6) is 0 Å². The van der Waals surface area contributed by atoms with Crippen molar-refractivity contribution in [3.05, 3.63) is 12.7 Å². The number of imidazole rings is 1. The van der Waals surface area contributed by atoms with Crippen LogP contribution >= 0.6 is 23.5 Å². The van der Waals surface area contributed by atoms with Gasteiger partial charge in [-0.1, -0.05) is 6.92 Å². The number of hydrogen-bond acceptors (Lipinski definition) is 10. The largest absolute Gasteiger partial charge is 0.490 e. The number of phosphoric ester groups is 1. The van der Waals surface area contributed by atoms with Crippen LogP contribution in [0, 0.1) is 23.7 Å². The average Bonchev–Trinajstić information content (AvgIpc) is 3.09. The Morgan fingerprint density at radius 2 is 1.82 bits per heavy atom. The molecule has 2 aromatic rings. The van der Waals surface area contributed by atoms with E-state index in [-0.39, 0.29) is 18.3 Å². The third kappa shape index (κ3) is 4.78. The zero-order valence-corrected chi connectivity index (χ0v) is 19.8. The molecule has 0 bridgehead atoms. The minimum Gasteiger partial charge on any atom is -0.382 e. The quantitative estimate of drug-likeness (QED) is 0.303. The van der Waals surface area contributed by atoms with Crippen LogP contribution in [0.4, 0.5) is 10.2 Å². The van der Waals surface area contributed by atoms with Gasteiger partial charge >= 0.3 is 23.5 Å². The maximum absolute atomic E-state index is 15.8. The van der Waals surface area contributed by atoms with Gasteiger partial charge in [0, 0.05) is 18.4 Å². The van der Waals surface area contributed by atoms with Crippen molar-refractivity contribution in [3.63, 3.8) is 0 Å². The van der Waals surface area contributed by atoms with Crippen molar-refractivity contribution in [2.24, 2.45) is 23.7 Å². The van der Waals surface area contributed by atoms with Crippen molar-refractivity contribution in [3.8, 4) is 0 Å². The van der Waals surface area contributed by atoms with Gasteiger partial charge in [0.2, 0.25) is 0 Å². The predicted octanol–water partition coefficient (Wildman–Crippen LogP) is 1.36. The summed E-state index contributed by atoms with van der Waals surface area (Å²) < 4.78 is 64.1. The number of halogens is 1. The van der Waals surface area contributed by atoms with Gasteiger partial charge in [-0.25, -0.2) is 33.0 Å². The number of hydrogen-bond donors (Lipinski definition) is 5. The Kier molecular flexibility index (Phi) is 5.90. The maximum atomic E-state index is 15.8. The predicted molar refractivity (Wildman–Crippen MR) is 108 cm³/mol. The van der Waals surface area contributed by atoms with E-state index in [0.717, 1.165) is 0 Å². The van der Waals surface area contributed by atoms with Crippen molar-refractivity contribution in [1.29, 1.82) is 0 Å². The highest BCUT2D eigenvalue weighted by Crippen LogP contribution is 2.72. The first-order valence-corrected chi connectivity index (χ1v) is 14.0. The molecular formula is C14H21FN5O10P3. The molecule has 0 saturated heterocycles. The first kappa shape index (κ1) is 24.8. The smallest absolute Gasteiger partial charge is 0.382 e. The van der Waals surface area contributed by atoms with Crippen LogP contribution in [0.1, 0.15) is 13.8 Å². The second-order valence-electron chi connectivity index (χ2n) is 8.21. The summed E-state index contributed by atoms with van der Waals surface area (Å²) in [6, 6.07) is 0. The molecule has 2 heterocycles. The van der Waals surface area contributed by atoms with Crippen molar-refractivity contribution in [2.75, 3.05) is 5.73 Å². The second-order valence-corrected chi connectivity index (χ2v) is 12.6. The molecule has 15 nitrogen and oxygen atoms in total. The van der Waals surface area contributed by atoms with Crippen LogP contribution in [0.2, 0.25) is 0 Å². The summed E-state index contributed by atoms with van der Waals surface area (Å²) in [6.45, 7) is 3.23. The lowest BCUT2D eigenvalue weighted by Gasteiger charge is -2.31. The van der Waals surface area contributed by atoms with Crippen LogP contribution in [-0.2, 0) is 33.4 Å². The summed E-state index contributed by atoms with van der Waals surface area (Å²) in [4.78, 5) is 48.3. The molecule has 0 radical (unpaired) electrons. The Balaban J connectivity index is 1.46. The van der Waals surface area contributed by atoms with Gasteiger partial charge in [0.1, 0.15) is 17.5 Å². The van der Waals surface area contributed by atoms with E-state index in [0.29, 0.717) is 11.2 Å². The molecule has 0 aromatic carbocycles. The Hall–Kier alpha value is -1.31. The molecule has 6 N–H and O–H groups in total. The first-order valence-electron chi connectivity index (χ1n) is 9.45. The molecule has 2 aromatic heterocycles. The molecule has 2 aliphatic carbocycles. The Morgan fingerprint density at radius 1 is 1.15 bits per heavy atom. The van der Waals surface area contributed by atoms with Gasteiger partial charge in [0.15, 0.2) is 11.5 Å². The van der Waals surface area contributed by atoms with Gasteiger partial charge in [-0.15, -0.1) is 0 Å². The number of phosphoric acid groups is 3. The first-order chi connectivity index (χ1) is 15.0. The molecule has 19 heteroatoms. The van der Waals surface area contributed by atoms with Crippen LogP contribution in [0.25, 0.3) is 11.2 Å². The minimum atomic E-state index is -5.65. The summed E-state index contributed by atoms with van der Waals surface area (Å²) in [5, 5.41) is 0. The highest BCUT2D eigenvalue weighted by Gasteiger charge is 2.74. The van der Waals surface area contributed by atoms with E-state index < -0.39 is 53.0 Å². The molecule has 2 fully saturated rings.